The molecule has 1 heterocycles. The first-order valence-electron chi connectivity index (χ1n) is 6.79. The highest BCUT2D eigenvalue weighted by Gasteiger charge is 2.25. The minimum atomic E-state index is 0.117. The lowest BCUT2D eigenvalue weighted by molar-refractivity contribution is -0.141. The van der Waals surface area contributed by atoms with E-state index in [1.165, 1.54) is 0 Å². The molecule has 1 N–H and O–H groups in total. The van der Waals surface area contributed by atoms with Crippen LogP contribution in [0.2, 0.25) is 0 Å². The zero-order valence-electron chi connectivity index (χ0n) is 11.8. The van der Waals surface area contributed by atoms with Gasteiger partial charge in [0.1, 0.15) is 0 Å². The van der Waals surface area contributed by atoms with Crippen molar-refractivity contribution in [2.45, 2.75) is 33.0 Å². The highest BCUT2D eigenvalue weighted by atomic mass is 16.5. The summed E-state index contributed by atoms with van der Waals surface area (Å²) in [5.74, 6) is 0.130. The average Bonchev–Trinajstić information content (AvgIpc) is 2.36. The van der Waals surface area contributed by atoms with Crippen LogP contribution in [0, 0.1) is 6.92 Å². The van der Waals surface area contributed by atoms with Crippen molar-refractivity contribution in [2.24, 2.45) is 0 Å². The topological polar surface area (TPSA) is 41.6 Å². The lowest BCUT2D eigenvalue weighted by atomic mass is 10.2. The number of ether oxygens (including phenoxy) is 1. The molecule has 1 aliphatic heterocycles. The number of nitrogens with one attached hydrogen (secondary N) is 1. The van der Waals surface area contributed by atoms with Crippen molar-refractivity contribution in [3.8, 4) is 0 Å². The molecule has 1 fully saturated rings. The van der Waals surface area contributed by atoms with Crippen molar-refractivity contribution in [1.29, 1.82) is 0 Å². The molecule has 1 aliphatic rings. The smallest absolute Gasteiger partial charge is 0.242 e. The highest BCUT2D eigenvalue weighted by molar-refractivity contribution is 5.81. The van der Waals surface area contributed by atoms with Gasteiger partial charge in [0.25, 0.3) is 0 Å². The molecule has 0 radical (unpaired) electrons. The van der Waals surface area contributed by atoms with Crippen LogP contribution in [0.5, 0.6) is 0 Å². The summed E-state index contributed by atoms with van der Waals surface area (Å²) in [6.07, 6.45) is 0.234. The zero-order chi connectivity index (χ0) is 13.8. The van der Waals surface area contributed by atoms with Gasteiger partial charge >= 0.3 is 0 Å². The van der Waals surface area contributed by atoms with E-state index in [1.807, 2.05) is 49.9 Å². The van der Waals surface area contributed by atoms with Crippen molar-refractivity contribution in [2.75, 3.05) is 25.0 Å². The SMILES string of the molecule is Cc1ccccc1NCC(=O)N1CC(C)OC(C)C1. The Labute approximate surface area is 114 Å². The van der Waals surface area contributed by atoms with Gasteiger partial charge in [-0.2, -0.15) is 0 Å². The molecule has 104 valence electrons. The summed E-state index contributed by atoms with van der Waals surface area (Å²) >= 11 is 0. The Hall–Kier alpha value is -1.55. The van der Waals surface area contributed by atoms with Gasteiger partial charge in [0, 0.05) is 18.8 Å². The fourth-order valence-corrected chi connectivity index (χ4v) is 2.44. The molecule has 1 amide bonds. The zero-order valence-corrected chi connectivity index (χ0v) is 11.8. The Bertz CT molecular complexity index is 438. The first-order valence-corrected chi connectivity index (χ1v) is 6.79. The van der Waals surface area contributed by atoms with Crippen molar-refractivity contribution < 1.29 is 9.53 Å². The number of rotatable bonds is 3. The molecule has 1 aromatic carbocycles. The number of nitrogens with zero attached hydrogens (tertiary/aromatic N) is 1. The Morgan fingerprint density at radius 1 is 1.32 bits per heavy atom. The van der Waals surface area contributed by atoms with Crippen molar-refractivity contribution in [1.82, 2.24) is 4.90 Å². The molecule has 1 aromatic rings. The molecule has 19 heavy (non-hydrogen) atoms. The van der Waals surface area contributed by atoms with Crippen molar-refractivity contribution >= 4 is 11.6 Å². The Kier molecular flexibility index (Phi) is 4.43. The number of carbonyl (C=O) groups is 1. The third-order valence-corrected chi connectivity index (χ3v) is 3.35. The Morgan fingerprint density at radius 3 is 2.58 bits per heavy atom. The number of hydrogen-bond donors (Lipinski definition) is 1. The summed E-state index contributed by atoms with van der Waals surface area (Å²) in [6.45, 7) is 7.74. The molecule has 2 rings (SSSR count). The van der Waals surface area contributed by atoms with Gasteiger partial charge in [0.15, 0.2) is 0 Å². The fraction of sp³-hybridized carbons (Fsp3) is 0.533. The second-order valence-corrected chi connectivity index (χ2v) is 5.22. The average molecular weight is 262 g/mol. The van der Waals surface area contributed by atoms with Crippen LogP contribution >= 0.6 is 0 Å². The molecule has 4 nitrogen and oxygen atoms in total. The van der Waals surface area contributed by atoms with E-state index < -0.39 is 0 Å². The molecule has 1 saturated heterocycles. The number of aryl methyl sites for hydroxylation is 1. The van der Waals surface area contributed by atoms with Gasteiger partial charge in [0.05, 0.1) is 18.8 Å². The third-order valence-electron chi connectivity index (χ3n) is 3.35. The molecule has 0 aromatic heterocycles. The Balaban J connectivity index is 1.89. The Morgan fingerprint density at radius 2 is 1.95 bits per heavy atom. The second kappa shape index (κ2) is 6.06. The van der Waals surface area contributed by atoms with E-state index in [0.717, 1.165) is 11.3 Å². The summed E-state index contributed by atoms with van der Waals surface area (Å²) in [5, 5.41) is 3.21. The summed E-state index contributed by atoms with van der Waals surface area (Å²) < 4.78 is 5.63. The molecule has 0 saturated carbocycles. The molecule has 0 spiro atoms. The minimum Gasteiger partial charge on any atom is -0.376 e. The monoisotopic (exact) mass is 262 g/mol. The first-order chi connectivity index (χ1) is 9.06. The second-order valence-electron chi connectivity index (χ2n) is 5.22. The van der Waals surface area contributed by atoms with Gasteiger partial charge in [-0.3, -0.25) is 4.79 Å². The summed E-state index contributed by atoms with van der Waals surface area (Å²) in [5.41, 5.74) is 2.17. The van der Waals surface area contributed by atoms with Crippen LogP contribution in [0.3, 0.4) is 0 Å². The maximum atomic E-state index is 12.2. The molecule has 4 heteroatoms. The third kappa shape index (κ3) is 3.70. The van der Waals surface area contributed by atoms with Crippen LogP contribution in [-0.2, 0) is 9.53 Å². The molecular weight excluding hydrogens is 240 g/mol. The number of benzene rings is 1. The van der Waals surface area contributed by atoms with E-state index in [1.54, 1.807) is 0 Å². The number of anilines is 1. The van der Waals surface area contributed by atoms with E-state index >= 15 is 0 Å². The molecule has 0 aliphatic carbocycles. The van der Waals surface area contributed by atoms with Crippen molar-refractivity contribution in [3.05, 3.63) is 29.8 Å². The summed E-state index contributed by atoms with van der Waals surface area (Å²) in [7, 11) is 0. The van der Waals surface area contributed by atoms with Crippen LogP contribution in [0.4, 0.5) is 5.69 Å². The normalized spacial score (nSPS) is 23.2. The highest BCUT2D eigenvalue weighted by Crippen LogP contribution is 2.14. The first kappa shape index (κ1) is 13.9. The predicted molar refractivity (Wildman–Crippen MR) is 76.3 cm³/mol. The van der Waals surface area contributed by atoms with Crippen LogP contribution in [0.25, 0.3) is 0 Å². The molecule has 2 unspecified atom stereocenters. The number of para-hydroxylation sites is 1. The van der Waals surface area contributed by atoms with Gasteiger partial charge in [-0.25, -0.2) is 0 Å². The number of morpholine rings is 1. The van der Waals surface area contributed by atoms with Gasteiger partial charge < -0.3 is 15.0 Å². The van der Waals surface area contributed by atoms with Crippen LogP contribution in [-0.4, -0.2) is 42.6 Å². The minimum absolute atomic E-state index is 0.117. The van der Waals surface area contributed by atoms with E-state index in [-0.39, 0.29) is 18.1 Å². The van der Waals surface area contributed by atoms with Gasteiger partial charge in [-0.15, -0.1) is 0 Å². The molecule has 2 atom stereocenters. The van der Waals surface area contributed by atoms with Gasteiger partial charge in [0.2, 0.25) is 5.91 Å². The molecule has 0 bridgehead atoms. The standard InChI is InChI=1S/C15H22N2O2/c1-11-6-4-5-7-14(11)16-8-15(18)17-9-12(2)19-13(3)10-17/h4-7,12-13,16H,8-10H2,1-3H3. The van der Waals surface area contributed by atoms with Crippen LogP contribution in [0.1, 0.15) is 19.4 Å². The van der Waals surface area contributed by atoms with E-state index in [0.29, 0.717) is 19.6 Å². The summed E-state index contributed by atoms with van der Waals surface area (Å²) in [4.78, 5) is 14.1. The van der Waals surface area contributed by atoms with Crippen LogP contribution in [0.15, 0.2) is 24.3 Å². The van der Waals surface area contributed by atoms with Gasteiger partial charge in [-0.1, -0.05) is 18.2 Å². The van der Waals surface area contributed by atoms with E-state index in [2.05, 4.69) is 5.32 Å². The van der Waals surface area contributed by atoms with Crippen molar-refractivity contribution in [3.63, 3.8) is 0 Å². The van der Waals surface area contributed by atoms with Crippen LogP contribution < -0.4 is 5.32 Å². The summed E-state index contributed by atoms with van der Waals surface area (Å²) in [6, 6.07) is 7.99. The quantitative estimate of drug-likeness (QED) is 0.906. The number of carbonyl (C=O) groups excluding carboxylic acids is 1. The lowest BCUT2D eigenvalue weighted by Crippen LogP contribution is -2.49. The maximum Gasteiger partial charge on any atom is 0.242 e. The van der Waals surface area contributed by atoms with E-state index in [4.69, 9.17) is 4.74 Å². The number of amides is 1. The van der Waals surface area contributed by atoms with Gasteiger partial charge in [-0.05, 0) is 32.4 Å². The molecular formula is C15H22N2O2. The fourth-order valence-electron chi connectivity index (χ4n) is 2.44. The largest absolute Gasteiger partial charge is 0.376 e. The lowest BCUT2D eigenvalue weighted by Gasteiger charge is -2.35. The maximum absolute atomic E-state index is 12.2. The van der Waals surface area contributed by atoms with E-state index in [9.17, 15) is 4.79 Å². The predicted octanol–water partition coefficient (Wildman–Crippen LogP) is 2.04. The number of hydrogen-bond acceptors (Lipinski definition) is 3.